The molecule has 2 unspecified atom stereocenters. The zero-order valence-corrected chi connectivity index (χ0v) is 11.8. The summed E-state index contributed by atoms with van der Waals surface area (Å²) in [5.41, 5.74) is 2.60. The SMILES string of the molecule is COC1=CC2N=C3C=CC(N(C)C)=CC3OC2=CC1=[NH2+]. The first-order valence-electron chi connectivity index (χ1n) is 6.50. The largest absolute Gasteiger partial charge is 0.490 e. The number of methoxy groups -OCH3 is 1. The van der Waals surface area contributed by atoms with Gasteiger partial charge in [0, 0.05) is 19.8 Å². The number of fused-ring (bicyclic) bond motifs is 2. The van der Waals surface area contributed by atoms with Crippen LogP contribution in [0.4, 0.5) is 0 Å². The highest BCUT2D eigenvalue weighted by Crippen LogP contribution is 2.28. The molecule has 0 spiro atoms. The third kappa shape index (κ3) is 2.05. The summed E-state index contributed by atoms with van der Waals surface area (Å²) in [5.74, 6) is 1.41. The van der Waals surface area contributed by atoms with E-state index in [0.717, 1.165) is 17.2 Å². The zero-order chi connectivity index (χ0) is 14.3. The van der Waals surface area contributed by atoms with Gasteiger partial charge in [0.05, 0.1) is 18.9 Å². The molecule has 0 saturated carbocycles. The Morgan fingerprint density at radius 1 is 1.30 bits per heavy atom. The highest BCUT2D eigenvalue weighted by Gasteiger charge is 2.33. The van der Waals surface area contributed by atoms with Crippen LogP contribution in [-0.2, 0) is 9.47 Å². The Balaban J connectivity index is 1.94. The average molecular weight is 272 g/mol. The van der Waals surface area contributed by atoms with E-state index in [9.17, 15) is 0 Å². The van der Waals surface area contributed by atoms with Gasteiger partial charge in [0.15, 0.2) is 11.9 Å². The second-order valence-corrected chi connectivity index (χ2v) is 5.09. The standard InChI is InChI=1S/C15H17N3O2/c1-18(2)9-4-5-11-14(6-9)20-15-7-10(16)13(19-3)8-12(15)17-11/h4-8,12,14,16H,1-3H3/p+1. The predicted molar refractivity (Wildman–Crippen MR) is 77.1 cm³/mol. The molecule has 2 aliphatic carbocycles. The molecule has 2 atom stereocenters. The second kappa shape index (κ2) is 4.67. The van der Waals surface area contributed by atoms with Gasteiger partial charge in [0.25, 0.3) is 0 Å². The summed E-state index contributed by atoms with van der Waals surface area (Å²) in [7, 11) is 5.61. The van der Waals surface area contributed by atoms with Crippen molar-refractivity contribution in [2.45, 2.75) is 12.1 Å². The lowest BCUT2D eigenvalue weighted by Crippen LogP contribution is -2.44. The van der Waals surface area contributed by atoms with Crippen LogP contribution in [0.25, 0.3) is 0 Å². The van der Waals surface area contributed by atoms with Crippen LogP contribution in [-0.4, -0.2) is 49.7 Å². The molecule has 0 bridgehead atoms. The summed E-state index contributed by atoms with van der Waals surface area (Å²) in [5, 5.41) is 5.92. The Morgan fingerprint density at radius 3 is 2.80 bits per heavy atom. The van der Waals surface area contributed by atoms with Crippen LogP contribution in [0.1, 0.15) is 0 Å². The second-order valence-electron chi connectivity index (χ2n) is 5.09. The van der Waals surface area contributed by atoms with Crippen molar-refractivity contribution in [2.24, 2.45) is 4.99 Å². The molecule has 5 heteroatoms. The van der Waals surface area contributed by atoms with E-state index in [4.69, 9.17) is 19.9 Å². The fourth-order valence-corrected chi connectivity index (χ4v) is 2.40. The Bertz CT molecular complexity index is 609. The first kappa shape index (κ1) is 12.7. The number of aliphatic imine (C=N–C) groups is 1. The molecule has 104 valence electrons. The van der Waals surface area contributed by atoms with E-state index < -0.39 is 0 Å². The molecular weight excluding hydrogens is 254 g/mol. The lowest BCUT2D eigenvalue weighted by Gasteiger charge is -2.31. The summed E-state index contributed by atoms with van der Waals surface area (Å²) in [6, 6.07) is -0.151. The number of nitrogens with zero attached hydrogens (tertiary/aromatic N) is 2. The van der Waals surface area contributed by atoms with Gasteiger partial charge in [-0.3, -0.25) is 10.4 Å². The van der Waals surface area contributed by atoms with Gasteiger partial charge in [0.1, 0.15) is 11.8 Å². The quantitative estimate of drug-likeness (QED) is 0.760. The normalized spacial score (nSPS) is 27.2. The summed E-state index contributed by atoms with van der Waals surface area (Å²) < 4.78 is 11.2. The smallest absolute Gasteiger partial charge is 0.242 e. The van der Waals surface area contributed by atoms with Gasteiger partial charge in [-0.15, -0.1) is 0 Å². The maximum atomic E-state index is 6.01. The molecule has 0 amide bonds. The third-order valence-corrected chi connectivity index (χ3v) is 3.51. The van der Waals surface area contributed by atoms with Crippen molar-refractivity contribution in [2.75, 3.05) is 21.2 Å². The van der Waals surface area contributed by atoms with E-state index in [1.165, 1.54) is 0 Å². The Morgan fingerprint density at radius 2 is 2.10 bits per heavy atom. The minimum atomic E-state index is -0.151. The molecule has 2 N–H and O–H groups in total. The fourth-order valence-electron chi connectivity index (χ4n) is 2.40. The molecule has 0 fully saturated rings. The van der Waals surface area contributed by atoms with Crippen molar-refractivity contribution in [3.8, 4) is 0 Å². The number of allylic oxidation sites excluding steroid dienone is 2. The summed E-state index contributed by atoms with van der Waals surface area (Å²) in [6.45, 7) is 0. The topological polar surface area (TPSA) is 59.7 Å². The monoisotopic (exact) mass is 272 g/mol. The summed E-state index contributed by atoms with van der Waals surface area (Å²) in [4.78, 5) is 6.74. The van der Waals surface area contributed by atoms with Crippen LogP contribution in [0.15, 0.2) is 52.6 Å². The summed E-state index contributed by atoms with van der Waals surface area (Å²) >= 11 is 0. The van der Waals surface area contributed by atoms with Crippen LogP contribution in [0.3, 0.4) is 0 Å². The Labute approximate surface area is 118 Å². The lowest BCUT2D eigenvalue weighted by molar-refractivity contribution is -0.114. The van der Waals surface area contributed by atoms with E-state index in [-0.39, 0.29) is 12.1 Å². The molecule has 3 aliphatic rings. The first-order valence-corrected chi connectivity index (χ1v) is 6.50. The maximum absolute atomic E-state index is 6.01. The molecule has 20 heavy (non-hydrogen) atoms. The van der Waals surface area contributed by atoms with Crippen LogP contribution in [0, 0.1) is 0 Å². The molecule has 0 aromatic heterocycles. The molecule has 0 radical (unpaired) electrons. The van der Waals surface area contributed by atoms with Crippen LogP contribution >= 0.6 is 0 Å². The third-order valence-electron chi connectivity index (χ3n) is 3.51. The number of hydrogen-bond donors (Lipinski definition) is 1. The van der Waals surface area contributed by atoms with Crippen molar-refractivity contribution in [1.82, 2.24) is 4.90 Å². The van der Waals surface area contributed by atoms with Crippen molar-refractivity contribution < 1.29 is 14.9 Å². The van der Waals surface area contributed by atoms with Gasteiger partial charge < -0.3 is 14.4 Å². The van der Waals surface area contributed by atoms with Crippen molar-refractivity contribution in [3.63, 3.8) is 0 Å². The Kier molecular flexibility index (Phi) is 2.97. The zero-order valence-electron chi connectivity index (χ0n) is 11.8. The van der Waals surface area contributed by atoms with Crippen molar-refractivity contribution in [1.29, 1.82) is 0 Å². The molecule has 1 aliphatic heterocycles. The first-order chi connectivity index (χ1) is 9.58. The average Bonchev–Trinajstić information content (AvgIpc) is 2.43. The van der Waals surface area contributed by atoms with Crippen LogP contribution in [0.5, 0.6) is 0 Å². The number of hydrogen-bond acceptors (Lipinski definition) is 4. The minimum absolute atomic E-state index is 0.148. The molecule has 0 aromatic carbocycles. The molecule has 0 saturated heterocycles. The molecule has 0 aromatic rings. The number of ether oxygens (including phenoxy) is 2. The molecule has 5 nitrogen and oxygen atoms in total. The van der Waals surface area contributed by atoms with E-state index in [1.807, 2.05) is 37.2 Å². The molecule has 3 rings (SSSR count). The van der Waals surface area contributed by atoms with Gasteiger partial charge in [0.2, 0.25) is 5.71 Å². The van der Waals surface area contributed by atoms with Gasteiger partial charge in [-0.25, -0.2) is 0 Å². The van der Waals surface area contributed by atoms with Gasteiger partial charge in [-0.1, -0.05) is 0 Å². The van der Waals surface area contributed by atoms with Gasteiger partial charge >= 0.3 is 0 Å². The van der Waals surface area contributed by atoms with E-state index in [0.29, 0.717) is 11.5 Å². The summed E-state index contributed by atoms with van der Waals surface area (Å²) in [6.07, 6.45) is 9.63. The van der Waals surface area contributed by atoms with Crippen molar-refractivity contribution in [3.05, 3.63) is 47.6 Å². The lowest BCUT2D eigenvalue weighted by atomic mass is 10.00. The number of nitrogens with two attached hydrogens (primary N) is 1. The van der Waals surface area contributed by atoms with Crippen LogP contribution < -0.4 is 5.41 Å². The predicted octanol–water partition coefficient (Wildman–Crippen LogP) is -0.162. The highest BCUT2D eigenvalue weighted by molar-refractivity contribution is 6.06. The molecule has 1 heterocycles. The number of rotatable bonds is 2. The maximum Gasteiger partial charge on any atom is 0.242 e. The number of likely N-dealkylation sites (N-methyl/N-ethyl adjacent to an activating group) is 1. The van der Waals surface area contributed by atoms with Gasteiger partial charge in [-0.2, -0.15) is 0 Å². The van der Waals surface area contributed by atoms with E-state index in [2.05, 4.69) is 6.08 Å². The van der Waals surface area contributed by atoms with E-state index >= 15 is 0 Å². The van der Waals surface area contributed by atoms with Crippen LogP contribution in [0.2, 0.25) is 0 Å². The Hall–Kier alpha value is -2.30. The van der Waals surface area contributed by atoms with Crippen molar-refractivity contribution >= 4 is 11.4 Å². The minimum Gasteiger partial charge on any atom is -0.490 e. The highest BCUT2D eigenvalue weighted by atomic mass is 16.5. The molecular formula is C15H18N3O2+. The van der Waals surface area contributed by atoms with Gasteiger partial charge in [-0.05, 0) is 24.3 Å². The fraction of sp³-hybridized carbons (Fsp3) is 0.333. The van der Waals surface area contributed by atoms with E-state index in [1.54, 1.807) is 13.2 Å².